The van der Waals surface area contributed by atoms with Crippen molar-refractivity contribution >= 4 is 15.7 Å². The maximum atomic E-state index is 12.7. The minimum atomic E-state index is -3.62. The van der Waals surface area contributed by atoms with Gasteiger partial charge in [0.2, 0.25) is 0 Å². The van der Waals surface area contributed by atoms with Crippen LogP contribution in [0.4, 0.5) is 5.69 Å². The zero-order valence-electron chi connectivity index (χ0n) is 23.9. The second-order valence-corrected chi connectivity index (χ2v) is 13.0. The van der Waals surface area contributed by atoms with E-state index < -0.39 is 10.0 Å². The molecule has 1 N–H and O–H groups in total. The van der Waals surface area contributed by atoms with Gasteiger partial charge in [0, 0.05) is 11.3 Å². The minimum absolute atomic E-state index is 0.168. The van der Waals surface area contributed by atoms with Gasteiger partial charge in [-0.1, -0.05) is 129 Å². The summed E-state index contributed by atoms with van der Waals surface area (Å²) in [6.07, 6.45) is 18.8. The largest absolute Gasteiger partial charge is 0.493 e. The Bertz CT molecular complexity index is 981. The Morgan fingerprint density at radius 2 is 1.22 bits per heavy atom. The molecule has 5 heteroatoms. The molecular weight excluding hydrogens is 478 g/mol. The molecule has 0 spiro atoms. The molecule has 0 aromatic heterocycles. The van der Waals surface area contributed by atoms with Crippen molar-refractivity contribution in [3.8, 4) is 5.75 Å². The van der Waals surface area contributed by atoms with E-state index in [0.717, 1.165) is 17.7 Å². The van der Waals surface area contributed by atoms with Crippen molar-refractivity contribution in [3.05, 3.63) is 54.1 Å². The van der Waals surface area contributed by atoms with Gasteiger partial charge in [0.15, 0.2) is 0 Å². The van der Waals surface area contributed by atoms with Crippen LogP contribution in [-0.4, -0.2) is 15.0 Å². The van der Waals surface area contributed by atoms with Gasteiger partial charge in [-0.3, -0.25) is 4.72 Å². The van der Waals surface area contributed by atoms with Crippen LogP contribution < -0.4 is 9.46 Å². The zero-order chi connectivity index (χ0) is 27.0. The first-order valence-corrected chi connectivity index (χ1v) is 16.1. The highest BCUT2D eigenvalue weighted by Gasteiger charge is 2.21. The lowest BCUT2D eigenvalue weighted by Crippen LogP contribution is -2.17. The third-order valence-electron chi connectivity index (χ3n) is 6.85. The number of unbranched alkanes of at least 4 members (excludes halogenated alkanes) is 13. The number of nitrogens with one attached hydrogen (secondary N) is 1. The van der Waals surface area contributed by atoms with Gasteiger partial charge in [0.25, 0.3) is 10.0 Å². The summed E-state index contributed by atoms with van der Waals surface area (Å²) in [5, 5.41) is 0. The van der Waals surface area contributed by atoms with Gasteiger partial charge in [-0.05, 0) is 42.2 Å². The van der Waals surface area contributed by atoms with Crippen LogP contribution in [0.5, 0.6) is 5.75 Å². The molecule has 0 heterocycles. The first-order chi connectivity index (χ1) is 17.7. The van der Waals surface area contributed by atoms with E-state index in [1.807, 2.05) is 12.1 Å². The van der Waals surface area contributed by atoms with E-state index in [9.17, 15) is 8.42 Å². The molecule has 0 aliphatic carbocycles. The lowest BCUT2D eigenvalue weighted by Gasteiger charge is -2.24. The van der Waals surface area contributed by atoms with Crippen LogP contribution in [0.15, 0.2) is 53.4 Å². The third kappa shape index (κ3) is 12.4. The number of benzene rings is 2. The van der Waals surface area contributed by atoms with Crippen LogP contribution in [0.25, 0.3) is 0 Å². The maximum absolute atomic E-state index is 12.7. The predicted octanol–water partition coefficient (Wildman–Crippen LogP) is 9.64. The molecule has 208 valence electrons. The number of hydrogen-bond acceptors (Lipinski definition) is 3. The van der Waals surface area contributed by atoms with Crippen molar-refractivity contribution in [3.63, 3.8) is 0 Å². The molecule has 2 rings (SSSR count). The highest BCUT2D eigenvalue weighted by atomic mass is 32.2. The Hall–Kier alpha value is -2.01. The van der Waals surface area contributed by atoms with Crippen molar-refractivity contribution in [2.75, 3.05) is 11.3 Å². The quantitative estimate of drug-likeness (QED) is 0.184. The van der Waals surface area contributed by atoms with Gasteiger partial charge in [-0.2, -0.15) is 0 Å². The zero-order valence-corrected chi connectivity index (χ0v) is 24.7. The second kappa shape index (κ2) is 16.8. The van der Waals surface area contributed by atoms with Crippen molar-refractivity contribution in [1.29, 1.82) is 0 Å². The SMILES string of the molecule is CCCCCCCCCCCCCCCCOc1ccc(NS(=O)(=O)c2ccccc2)cc1C(C)(C)C. The minimum Gasteiger partial charge on any atom is -0.493 e. The van der Waals surface area contributed by atoms with Gasteiger partial charge in [0.1, 0.15) is 5.75 Å². The number of ether oxygens (including phenoxy) is 1. The van der Waals surface area contributed by atoms with Crippen LogP contribution in [0, 0.1) is 0 Å². The topological polar surface area (TPSA) is 55.4 Å². The van der Waals surface area contributed by atoms with E-state index in [0.29, 0.717) is 12.3 Å². The molecule has 2 aromatic rings. The molecular formula is C32H51NO3S. The molecule has 0 amide bonds. The summed E-state index contributed by atoms with van der Waals surface area (Å²) in [7, 11) is -3.62. The molecule has 0 saturated heterocycles. The van der Waals surface area contributed by atoms with Crippen LogP contribution in [-0.2, 0) is 15.4 Å². The number of rotatable bonds is 19. The summed E-state index contributed by atoms with van der Waals surface area (Å²) in [6, 6.07) is 14.0. The van der Waals surface area contributed by atoms with Gasteiger partial charge < -0.3 is 4.74 Å². The van der Waals surface area contributed by atoms with E-state index in [-0.39, 0.29) is 10.3 Å². The normalized spacial score (nSPS) is 12.0. The summed E-state index contributed by atoms with van der Waals surface area (Å²) < 4.78 is 34.3. The van der Waals surface area contributed by atoms with E-state index in [2.05, 4.69) is 32.4 Å². The fourth-order valence-corrected chi connectivity index (χ4v) is 5.67. The molecule has 0 aliphatic heterocycles. The average molecular weight is 530 g/mol. The predicted molar refractivity (Wildman–Crippen MR) is 158 cm³/mol. The highest BCUT2D eigenvalue weighted by molar-refractivity contribution is 7.92. The lowest BCUT2D eigenvalue weighted by molar-refractivity contribution is 0.296. The molecule has 4 nitrogen and oxygen atoms in total. The fraction of sp³-hybridized carbons (Fsp3) is 0.625. The lowest BCUT2D eigenvalue weighted by atomic mass is 9.86. The van der Waals surface area contributed by atoms with Crippen molar-refractivity contribution in [1.82, 2.24) is 0 Å². The summed E-state index contributed by atoms with van der Waals surface area (Å²) in [5.74, 6) is 0.838. The van der Waals surface area contributed by atoms with Crippen LogP contribution in [0.2, 0.25) is 0 Å². The van der Waals surface area contributed by atoms with Gasteiger partial charge in [0.05, 0.1) is 11.5 Å². The van der Waals surface area contributed by atoms with Crippen molar-refractivity contribution in [2.45, 2.75) is 128 Å². The van der Waals surface area contributed by atoms with E-state index >= 15 is 0 Å². The molecule has 0 bridgehead atoms. The van der Waals surface area contributed by atoms with Crippen molar-refractivity contribution < 1.29 is 13.2 Å². The number of sulfonamides is 1. The average Bonchev–Trinajstić information content (AvgIpc) is 2.86. The first kappa shape index (κ1) is 31.2. The molecule has 0 aliphatic rings. The van der Waals surface area contributed by atoms with Crippen molar-refractivity contribution in [2.24, 2.45) is 0 Å². The Morgan fingerprint density at radius 3 is 1.73 bits per heavy atom. The third-order valence-corrected chi connectivity index (χ3v) is 8.25. The molecule has 0 saturated carbocycles. The van der Waals surface area contributed by atoms with Gasteiger partial charge in [-0.15, -0.1) is 0 Å². The molecule has 0 unspecified atom stereocenters. The summed E-state index contributed by atoms with van der Waals surface area (Å²) in [4.78, 5) is 0.255. The van der Waals surface area contributed by atoms with E-state index in [1.165, 1.54) is 83.5 Å². The maximum Gasteiger partial charge on any atom is 0.261 e. The Balaban J connectivity index is 1.69. The van der Waals surface area contributed by atoms with Crippen LogP contribution in [0.3, 0.4) is 0 Å². The number of hydrogen-bond donors (Lipinski definition) is 1. The fourth-order valence-electron chi connectivity index (χ4n) is 4.60. The highest BCUT2D eigenvalue weighted by Crippen LogP contribution is 2.34. The smallest absolute Gasteiger partial charge is 0.261 e. The van der Waals surface area contributed by atoms with Gasteiger partial charge in [-0.25, -0.2) is 8.42 Å². The summed E-state index contributed by atoms with van der Waals surface area (Å²) >= 11 is 0. The summed E-state index contributed by atoms with van der Waals surface area (Å²) in [6.45, 7) is 9.33. The molecule has 2 aromatic carbocycles. The van der Waals surface area contributed by atoms with Gasteiger partial charge >= 0.3 is 0 Å². The molecule has 37 heavy (non-hydrogen) atoms. The van der Waals surface area contributed by atoms with Crippen LogP contribution in [0.1, 0.15) is 123 Å². The number of anilines is 1. The molecule has 0 atom stereocenters. The van der Waals surface area contributed by atoms with E-state index in [4.69, 9.17) is 4.74 Å². The monoisotopic (exact) mass is 529 g/mol. The van der Waals surface area contributed by atoms with Crippen LogP contribution >= 0.6 is 0 Å². The Morgan fingerprint density at radius 1 is 0.703 bits per heavy atom. The van der Waals surface area contributed by atoms with E-state index in [1.54, 1.807) is 36.4 Å². The second-order valence-electron chi connectivity index (χ2n) is 11.3. The summed E-state index contributed by atoms with van der Waals surface area (Å²) in [5.41, 5.74) is 1.39. The molecule has 0 fully saturated rings. The Labute approximate surface area is 227 Å². The molecule has 0 radical (unpaired) electrons. The standard InChI is InChI=1S/C32H51NO3S/c1-5-6-7-8-9-10-11-12-13-14-15-16-17-21-26-36-31-25-24-28(27-30(31)32(2,3)4)33-37(34,35)29-22-19-18-20-23-29/h18-20,22-25,27,33H,5-17,21,26H2,1-4H3. The first-order valence-electron chi connectivity index (χ1n) is 14.6. The Kier molecular flexibility index (Phi) is 14.1.